The summed E-state index contributed by atoms with van der Waals surface area (Å²) in [5.41, 5.74) is 0. The summed E-state index contributed by atoms with van der Waals surface area (Å²) in [6.45, 7) is 2.19. The number of rotatable bonds is 15. The summed E-state index contributed by atoms with van der Waals surface area (Å²) in [4.78, 5) is 27.3. The third-order valence-electron chi connectivity index (χ3n) is 2.10. The van der Waals surface area contributed by atoms with Crippen LogP contribution in [0.2, 0.25) is 0 Å². The van der Waals surface area contributed by atoms with Gasteiger partial charge >= 0.3 is 13.6 Å². The molecule has 126 valence electrons. The van der Waals surface area contributed by atoms with Gasteiger partial charge in [0.1, 0.15) is 0 Å². The van der Waals surface area contributed by atoms with Crippen LogP contribution in [0.15, 0.2) is 0 Å². The number of ether oxygens (including phenoxy) is 4. The molecular weight excluding hydrogens is 307 g/mol. The predicted octanol–water partition coefficient (Wildman–Crippen LogP) is -0.295. The highest BCUT2D eigenvalue weighted by molar-refractivity contribution is 7.51. The minimum absolute atomic E-state index is 0.00216. The summed E-state index contributed by atoms with van der Waals surface area (Å²) >= 11 is 0. The van der Waals surface area contributed by atoms with Gasteiger partial charge in [-0.3, -0.25) is 9.36 Å². The topological polar surface area (TPSA) is 132 Å². The Kier molecular flexibility index (Phi) is 12.8. The second-order valence-corrected chi connectivity index (χ2v) is 5.76. The van der Waals surface area contributed by atoms with E-state index in [0.717, 1.165) is 0 Å². The molecule has 0 atom stereocenters. The molecule has 0 fully saturated rings. The van der Waals surface area contributed by atoms with Crippen LogP contribution >= 0.6 is 7.60 Å². The Morgan fingerprint density at radius 1 is 0.762 bits per heavy atom. The monoisotopic (exact) mass is 330 g/mol. The summed E-state index contributed by atoms with van der Waals surface area (Å²) in [5.74, 6) is -0.896. The third-order valence-corrected chi connectivity index (χ3v) is 2.87. The van der Waals surface area contributed by atoms with Gasteiger partial charge in [-0.25, -0.2) is 0 Å². The van der Waals surface area contributed by atoms with Gasteiger partial charge in [-0.1, -0.05) is 0 Å². The lowest BCUT2D eigenvalue weighted by Crippen LogP contribution is -2.13. The third kappa shape index (κ3) is 19.5. The van der Waals surface area contributed by atoms with Gasteiger partial charge in [0, 0.05) is 0 Å². The Bertz CT molecular complexity index is 304. The van der Waals surface area contributed by atoms with Crippen molar-refractivity contribution in [3.8, 4) is 0 Å². The molecule has 0 bridgehead atoms. The molecule has 0 heterocycles. The molecule has 0 radical (unpaired) electrons. The van der Waals surface area contributed by atoms with E-state index in [-0.39, 0.29) is 32.4 Å². The fourth-order valence-corrected chi connectivity index (χ4v) is 1.47. The van der Waals surface area contributed by atoms with E-state index in [9.17, 15) is 9.36 Å². The summed E-state index contributed by atoms with van der Waals surface area (Å²) in [7, 11) is -3.98. The van der Waals surface area contributed by atoms with Crippen LogP contribution in [0.25, 0.3) is 0 Å². The smallest absolute Gasteiger partial charge is 0.327 e. The van der Waals surface area contributed by atoms with Crippen LogP contribution in [0.4, 0.5) is 0 Å². The zero-order valence-corrected chi connectivity index (χ0v) is 12.7. The first-order valence-electron chi connectivity index (χ1n) is 6.49. The molecular formula is C11H23O9P. The van der Waals surface area contributed by atoms with E-state index in [1.54, 1.807) is 0 Å². The Morgan fingerprint density at radius 2 is 1.14 bits per heavy atom. The van der Waals surface area contributed by atoms with E-state index in [4.69, 9.17) is 33.8 Å². The normalized spacial score (nSPS) is 11.7. The zero-order chi connectivity index (χ0) is 16.0. The van der Waals surface area contributed by atoms with Gasteiger partial charge in [-0.2, -0.15) is 0 Å². The van der Waals surface area contributed by atoms with E-state index < -0.39 is 13.6 Å². The minimum atomic E-state index is -3.98. The van der Waals surface area contributed by atoms with Gasteiger partial charge in [0.2, 0.25) is 0 Å². The lowest BCUT2D eigenvalue weighted by atomic mass is 10.5. The van der Waals surface area contributed by atoms with E-state index in [1.807, 2.05) is 0 Å². The van der Waals surface area contributed by atoms with Crippen molar-refractivity contribution < 1.29 is 43.2 Å². The molecule has 0 aromatic carbocycles. The molecule has 0 aromatic rings. The van der Waals surface area contributed by atoms with Crippen LogP contribution in [0, 0.1) is 0 Å². The standard InChI is InChI=1S/C11H23O9P/c12-11(13)1-2-17-3-4-18-5-6-19-7-8-20-9-10-21(14,15)16/h1-10H2,(H,12,13)(H2,14,15,16). The van der Waals surface area contributed by atoms with Crippen molar-refractivity contribution in [2.75, 3.05) is 59.0 Å². The summed E-state index contributed by atoms with van der Waals surface area (Å²) in [6.07, 6.45) is -0.316. The Morgan fingerprint density at radius 3 is 1.52 bits per heavy atom. The molecule has 9 nitrogen and oxygen atoms in total. The van der Waals surface area contributed by atoms with Crippen LogP contribution < -0.4 is 0 Å². The molecule has 10 heteroatoms. The number of hydrogen-bond donors (Lipinski definition) is 3. The number of carboxylic acids is 1. The van der Waals surface area contributed by atoms with Crippen LogP contribution in [0.3, 0.4) is 0 Å². The maximum Gasteiger partial charge on any atom is 0.327 e. The summed E-state index contributed by atoms with van der Waals surface area (Å²) in [5, 5.41) is 8.35. The Balaban J connectivity index is 3.06. The van der Waals surface area contributed by atoms with Gasteiger partial charge in [0.05, 0.1) is 65.4 Å². The number of carboxylic acid groups (broad SMARTS) is 1. The van der Waals surface area contributed by atoms with Crippen molar-refractivity contribution in [3.05, 3.63) is 0 Å². The summed E-state index contributed by atoms with van der Waals surface area (Å²) in [6, 6.07) is 0. The van der Waals surface area contributed by atoms with Crippen LogP contribution in [-0.2, 0) is 28.3 Å². The van der Waals surface area contributed by atoms with Crippen molar-refractivity contribution in [2.45, 2.75) is 6.42 Å². The molecule has 0 saturated carbocycles. The van der Waals surface area contributed by atoms with E-state index in [0.29, 0.717) is 33.0 Å². The first-order valence-corrected chi connectivity index (χ1v) is 8.29. The number of aliphatic carboxylic acids is 1. The van der Waals surface area contributed by atoms with Crippen molar-refractivity contribution >= 4 is 13.6 Å². The molecule has 0 aliphatic carbocycles. The molecule has 0 saturated heterocycles. The van der Waals surface area contributed by atoms with Crippen LogP contribution in [-0.4, -0.2) is 79.9 Å². The number of hydrogen-bond acceptors (Lipinski definition) is 6. The molecule has 21 heavy (non-hydrogen) atoms. The maximum atomic E-state index is 10.5. The SMILES string of the molecule is O=C(O)CCOCCOCCOCCOCCP(=O)(O)O. The zero-order valence-electron chi connectivity index (χ0n) is 11.8. The van der Waals surface area contributed by atoms with Gasteiger partial charge in [0.25, 0.3) is 0 Å². The highest BCUT2D eigenvalue weighted by Gasteiger charge is 2.11. The maximum absolute atomic E-state index is 10.5. The molecule has 0 aromatic heterocycles. The average Bonchev–Trinajstić information content (AvgIpc) is 2.37. The average molecular weight is 330 g/mol. The molecule has 0 amide bonds. The van der Waals surface area contributed by atoms with Crippen LogP contribution in [0.5, 0.6) is 0 Å². The highest BCUT2D eigenvalue weighted by Crippen LogP contribution is 2.33. The highest BCUT2D eigenvalue weighted by atomic mass is 31.2. The second kappa shape index (κ2) is 13.1. The van der Waals surface area contributed by atoms with Gasteiger partial charge in [-0.05, 0) is 0 Å². The molecule has 0 aliphatic rings. The minimum Gasteiger partial charge on any atom is -0.481 e. The van der Waals surface area contributed by atoms with E-state index in [1.165, 1.54) is 0 Å². The summed E-state index contributed by atoms with van der Waals surface area (Å²) < 4.78 is 30.8. The quantitative estimate of drug-likeness (QED) is 0.273. The lowest BCUT2D eigenvalue weighted by Gasteiger charge is -2.07. The Hall–Kier alpha value is -0.540. The van der Waals surface area contributed by atoms with Crippen molar-refractivity contribution in [1.29, 1.82) is 0 Å². The van der Waals surface area contributed by atoms with E-state index >= 15 is 0 Å². The lowest BCUT2D eigenvalue weighted by molar-refractivity contribution is -0.138. The molecule has 0 rings (SSSR count). The second-order valence-electron chi connectivity index (χ2n) is 3.98. The van der Waals surface area contributed by atoms with Crippen LogP contribution in [0.1, 0.15) is 6.42 Å². The van der Waals surface area contributed by atoms with E-state index in [2.05, 4.69) is 0 Å². The van der Waals surface area contributed by atoms with Crippen molar-refractivity contribution in [3.63, 3.8) is 0 Å². The predicted molar refractivity (Wildman–Crippen MR) is 72.4 cm³/mol. The Labute approximate surface area is 123 Å². The van der Waals surface area contributed by atoms with Crippen molar-refractivity contribution in [2.24, 2.45) is 0 Å². The van der Waals surface area contributed by atoms with Crippen molar-refractivity contribution in [1.82, 2.24) is 0 Å². The first kappa shape index (κ1) is 20.5. The van der Waals surface area contributed by atoms with Gasteiger partial charge in [0.15, 0.2) is 0 Å². The molecule has 0 aliphatic heterocycles. The molecule has 0 spiro atoms. The number of carbonyl (C=O) groups is 1. The first-order chi connectivity index (χ1) is 9.92. The fraction of sp³-hybridized carbons (Fsp3) is 0.909. The largest absolute Gasteiger partial charge is 0.481 e. The van der Waals surface area contributed by atoms with Gasteiger partial charge < -0.3 is 33.8 Å². The molecule has 0 unspecified atom stereocenters. The fourth-order valence-electron chi connectivity index (χ4n) is 1.10. The molecule has 3 N–H and O–H groups in total. The van der Waals surface area contributed by atoms with Gasteiger partial charge in [-0.15, -0.1) is 0 Å².